The number of thiophene rings is 1. The molecule has 2 aromatic carbocycles. The van der Waals surface area contributed by atoms with E-state index in [4.69, 9.17) is 0 Å². The second-order valence-electron chi connectivity index (χ2n) is 8.94. The summed E-state index contributed by atoms with van der Waals surface area (Å²) >= 11 is 1.35. The molecule has 1 fully saturated rings. The van der Waals surface area contributed by atoms with Gasteiger partial charge >= 0.3 is 0 Å². The molecule has 1 saturated heterocycles. The summed E-state index contributed by atoms with van der Waals surface area (Å²) in [6.45, 7) is 3.57. The predicted octanol–water partition coefficient (Wildman–Crippen LogP) is 4.57. The topological polar surface area (TPSA) is 67.2 Å². The second-order valence-corrected chi connectivity index (χ2v) is 9.80. The predicted molar refractivity (Wildman–Crippen MR) is 137 cm³/mol. The van der Waals surface area contributed by atoms with Crippen LogP contribution in [0, 0.1) is 5.82 Å². The summed E-state index contributed by atoms with van der Waals surface area (Å²) in [7, 11) is 0. The van der Waals surface area contributed by atoms with Crippen LogP contribution in [-0.2, 0) is 24.4 Å². The number of nitrogens with zero attached hydrogens (tertiary/aromatic N) is 3. The number of nitrogens with one attached hydrogen (secondary N) is 1. The second kappa shape index (κ2) is 10.5. The number of benzene rings is 2. The molecule has 1 amide bonds. The first-order valence-electron chi connectivity index (χ1n) is 11.9. The number of rotatable bonds is 7. The van der Waals surface area contributed by atoms with Gasteiger partial charge in [0.1, 0.15) is 17.2 Å². The van der Waals surface area contributed by atoms with Crippen LogP contribution >= 0.6 is 11.3 Å². The lowest BCUT2D eigenvalue weighted by Crippen LogP contribution is -2.32. The van der Waals surface area contributed by atoms with Crippen molar-refractivity contribution in [2.24, 2.45) is 0 Å². The van der Waals surface area contributed by atoms with Gasteiger partial charge in [0, 0.05) is 24.0 Å². The first kappa shape index (κ1) is 23.4. The Morgan fingerprint density at radius 1 is 1.00 bits per heavy atom. The molecule has 5 rings (SSSR count). The molecular weight excluding hydrogens is 463 g/mol. The number of carbonyl (C=O) groups is 1. The van der Waals surface area contributed by atoms with Crippen LogP contribution in [-0.4, -0.2) is 33.4 Å². The largest absolute Gasteiger partial charge is 0.350 e. The van der Waals surface area contributed by atoms with Crippen LogP contribution < -0.4 is 10.9 Å². The quantitative estimate of drug-likeness (QED) is 0.412. The third kappa shape index (κ3) is 5.49. The van der Waals surface area contributed by atoms with E-state index in [9.17, 15) is 14.0 Å². The van der Waals surface area contributed by atoms with E-state index < -0.39 is 0 Å². The highest BCUT2D eigenvalue weighted by atomic mass is 32.1. The van der Waals surface area contributed by atoms with Gasteiger partial charge in [-0.2, -0.15) is 0 Å². The number of hydrogen-bond acceptors (Lipinski definition) is 5. The molecule has 2 aromatic heterocycles. The maximum Gasteiger partial charge on any atom is 0.263 e. The Kier molecular flexibility index (Phi) is 7.01. The van der Waals surface area contributed by atoms with E-state index in [2.05, 4.69) is 27.3 Å². The van der Waals surface area contributed by atoms with Crippen LogP contribution in [0.15, 0.2) is 65.0 Å². The lowest BCUT2D eigenvalue weighted by Gasteiger charge is -2.26. The van der Waals surface area contributed by atoms with Crippen molar-refractivity contribution in [3.8, 4) is 11.1 Å². The van der Waals surface area contributed by atoms with Gasteiger partial charge in [0.25, 0.3) is 5.56 Å². The van der Waals surface area contributed by atoms with Crippen LogP contribution in [0.4, 0.5) is 4.39 Å². The van der Waals surface area contributed by atoms with Crippen molar-refractivity contribution in [1.82, 2.24) is 19.8 Å². The van der Waals surface area contributed by atoms with E-state index in [0.29, 0.717) is 22.3 Å². The molecule has 3 heterocycles. The number of halogens is 1. The molecule has 0 saturated carbocycles. The van der Waals surface area contributed by atoms with E-state index in [-0.39, 0.29) is 23.8 Å². The Bertz CT molecular complexity index is 1370. The molecule has 1 N–H and O–H groups in total. The molecule has 180 valence electrons. The van der Waals surface area contributed by atoms with Crippen LogP contribution in [0.1, 0.15) is 30.4 Å². The molecule has 35 heavy (non-hydrogen) atoms. The highest BCUT2D eigenvalue weighted by molar-refractivity contribution is 7.17. The van der Waals surface area contributed by atoms with Crippen LogP contribution in [0.3, 0.4) is 0 Å². The number of amides is 1. The minimum absolute atomic E-state index is 0.118. The number of hydrogen-bond donors (Lipinski definition) is 1. The van der Waals surface area contributed by atoms with E-state index in [0.717, 1.165) is 30.8 Å². The Labute approximate surface area is 207 Å². The first-order chi connectivity index (χ1) is 17.1. The Morgan fingerprint density at radius 2 is 1.71 bits per heavy atom. The maximum atomic E-state index is 13.3. The summed E-state index contributed by atoms with van der Waals surface area (Å²) in [5.41, 5.74) is 3.44. The molecule has 6 nitrogen and oxygen atoms in total. The summed E-state index contributed by atoms with van der Waals surface area (Å²) in [6.07, 6.45) is 5.28. The number of carbonyl (C=O) groups excluding carboxylic acids is 1. The first-order valence-corrected chi connectivity index (χ1v) is 12.7. The zero-order valence-electron chi connectivity index (χ0n) is 19.4. The van der Waals surface area contributed by atoms with Crippen molar-refractivity contribution in [3.05, 3.63) is 87.5 Å². The molecule has 0 unspecified atom stereocenters. The zero-order chi connectivity index (χ0) is 24.2. The highest BCUT2D eigenvalue weighted by Gasteiger charge is 2.15. The monoisotopic (exact) mass is 490 g/mol. The van der Waals surface area contributed by atoms with Crippen LogP contribution in [0.25, 0.3) is 21.3 Å². The Hall–Kier alpha value is -3.36. The van der Waals surface area contributed by atoms with Gasteiger partial charge in [0.2, 0.25) is 5.91 Å². The number of aromatic nitrogens is 2. The molecule has 0 radical (unpaired) electrons. The van der Waals surface area contributed by atoms with Gasteiger partial charge in [-0.1, -0.05) is 42.8 Å². The van der Waals surface area contributed by atoms with Gasteiger partial charge in [0.15, 0.2) is 0 Å². The Balaban J connectivity index is 1.23. The van der Waals surface area contributed by atoms with Gasteiger partial charge in [0.05, 0.1) is 11.7 Å². The zero-order valence-corrected chi connectivity index (χ0v) is 20.2. The van der Waals surface area contributed by atoms with Crippen molar-refractivity contribution < 1.29 is 9.18 Å². The SMILES string of the molecule is O=C(Cn1cnc2scc(-c3ccc(F)cc3)c2c1=O)NCc1ccc(CN2CCCCC2)cc1. The fraction of sp³-hybridized carbons (Fsp3) is 0.296. The average molecular weight is 491 g/mol. The van der Waals surface area contributed by atoms with E-state index in [1.807, 2.05) is 17.5 Å². The summed E-state index contributed by atoms with van der Waals surface area (Å²) in [4.78, 5) is 33.2. The summed E-state index contributed by atoms with van der Waals surface area (Å²) in [5, 5.41) is 5.18. The lowest BCUT2D eigenvalue weighted by atomic mass is 10.1. The van der Waals surface area contributed by atoms with E-state index in [1.54, 1.807) is 12.1 Å². The molecular formula is C27H27FN4O2S. The van der Waals surface area contributed by atoms with Crippen molar-refractivity contribution >= 4 is 27.5 Å². The molecule has 8 heteroatoms. The summed E-state index contributed by atoms with van der Waals surface area (Å²) in [6, 6.07) is 14.3. The maximum absolute atomic E-state index is 13.3. The molecule has 0 aliphatic carbocycles. The van der Waals surface area contributed by atoms with E-state index in [1.165, 1.54) is 59.2 Å². The van der Waals surface area contributed by atoms with Gasteiger partial charge in [-0.3, -0.25) is 19.1 Å². The van der Waals surface area contributed by atoms with Gasteiger partial charge < -0.3 is 5.32 Å². The standard InChI is InChI=1S/C27H27FN4O2S/c28-22-10-8-21(9-11-22)23-17-35-26-25(23)27(34)32(18-30-26)16-24(33)29-14-19-4-6-20(7-5-19)15-31-12-2-1-3-13-31/h4-11,17-18H,1-3,12-16H2,(H,29,33). The third-order valence-corrected chi connectivity index (χ3v) is 7.28. The Morgan fingerprint density at radius 3 is 2.46 bits per heavy atom. The number of likely N-dealkylation sites (tertiary alicyclic amines) is 1. The minimum Gasteiger partial charge on any atom is -0.350 e. The molecule has 0 atom stereocenters. The molecule has 4 aromatic rings. The van der Waals surface area contributed by atoms with Gasteiger partial charge in [-0.05, 0) is 54.8 Å². The minimum atomic E-state index is -0.336. The lowest BCUT2D eigenvalue weighted by molar-refractivity contribution is -0.121. The van der Waals surface area contributed by atoms with Crippen molar-refractivity contribution in [3.63, 3.8) is 0 Å². The van der Waals surface area contributed by atoms with E-state index >= 15 is 0 Å². The average Bonchev–Trinajstić information content (AvgIpc) is 3.31. The third-order valence-electron chi connectivity index (χ3n) is 6.40. The highest BCUT2D eigenvalue weighted by Crippen LogP contribution is 2.30. The normalized spacial score (nSPS) is 14.3. The fourth-order valence-electron chi connectivity index (χ4n) is 4.47. The van der Waals surface area contributed by atoms with Crippen molar-refractivity contribution in [2.45, 2.75) is 38.9 Å². The van der Waals surface area contributed by atoms with Gasteiger partial charge in [-0.15, -0.1) is 11.3 Å². The van der Waals surface area contributed by atoms with Crippen molar-refractivity contribution in [1.29, 1.82) is 0 Å². The fourth-order valence-corrected chi connectivity index (χ4v) is 5.38. The smallest absolute Gasteiger partial charge is 0.263 e. The molecule has 0 bridgehead atoms. The number of fused-ring (bicyclic) bond motifs is 1. The van der Waals surface area contributed by atoms with Crippen LogP contribution in [0.5, 0.6) is 0 Å². The molecule has 1 aliphatic rings. The number of piperidine rings is 1. The van der Waals surface area contributed by atoms with Crippen molar-refractivity contribution in [2.75, 3.05) is 13.1 Å². The molecule has 1 aliphatic heterocycles. The van der Waals surface area contributed by atoms with Crippen LogP contribution in [0.2, 0.25) is 0 Å². The summed E-state index contributed by atoms with van der Waals surface area (Å²) in [5.74, 6) is -0.596. The summed E-state index contributed by atoms with van der Waals surface area (Å²) < 4.78 is 14.6. The van der Waals surface area contributed by atoms with Gasteiger partial charge in [-0.25, -0.2) is 9.37 Å². The molecule has 0 spiro atoms.